The number of amides is 1. The van der Waals surface area contributed by atoms with Gasteiger partial charge in [-0.2, -0.15) is 5.10 Å². The molecule has 4 rings (SSSR count). The van der Waals surface area contributed by atoms with Gasteiger partial charge >= 0.3 is 0 Å². The third-order valence-corrected chi connectivity index (χ3v) is 6.91. The number of anilines is 1. The van der Waals surface area contributed by atoms with Gasteiger partial charge in [0.25, 0.3) is 5.91 Å². The highest BCUT2D eigenvalue weighted by Gasteiger charge is 2.22. The molecule has 9 heteroatoms. The lowest BCUT2D eigenvalue weighted by Gasteiger charge is -2.22. The van der Waals surface area contributed by atoms with Crippen LogP contribution in [0.5, 0.6) is 0 Å². The molecule has 2 aromatic carbocycles. The monoisotopic (exact) mass is 557 g/mol. The summed E-state index contributed by atoms with van der Waals surface area (Å²) in [5, 5.41) is 16.9. The number of carbonyl (C=O) groups excluding carboxylic acids is 1. The number of allylic oxidation sites excluding steroid dienone is 3. The highest BCUT2D eigenvalue weighted by molar-refractivity contribution is 9.10. The van der Waals surface area contributed by atoms with Crippen LogP contribution in [0, 0.1) is 0 Å². The van der Waals surface area contributed by atoms with Crippen molar-refractivity contribution < 1.29 is 4.79 Å². The average Bonchev–Trinajstić information content (AvgIpc) is 3.35. The minimum absolute atomic E-state index is 0.208. The van der Waals surface area contributed by atoms with Crippen molar-refractivity contribution >= 4 is 62.2 Å². The molecule has 0 radical (unpaired) electrons. The molecular weight excluding hydrogens is 534 g/mol. The van der Waals surface area contributed by atoms with Gasteiger partial charge in [0.05, 0.1) is 10.7 Å². The Balaban J connectivity index is 1.42. The second kappa shape index (κ2) is 11.6. The first kappa shape index (κ1) is 24.4. The zero-order valence-electron chi connectivity index (χ0n) is 18.4. The molecule has 1 aliphatic carbocycles. The maximum atomic E-state index is 13.3. The molecule has 34 heavy (non-hydrogen) atoms. The first-order valence-electron chi connectivity index (χ1n) is 11.1. The van der Waals surface area contributed by atoms with Crippen molar-refractivity contribution in [2.75, 3.05) is 18.4 Å². The molecule has 2 aromatic rings. The minimum Gasteiger partial charge on any atom is -0.347 e. The van der Waals surface area contributed by atoms with Crippen LogP contribution in [-0.2, 0) is 4.79 Å². The molecule has 0 unspecified atom stereocenters. The van der Waals surface area contributed by atoms with Crippen LogP contribution in [0.3, 0.4) is 0 Å². The van der Waals surface area contributed by atoms with Crippen LogP contribution in [0.4, 0.5) is 5.69 Å². The van der Waals surface area contributed by atoms with Crippen LogP contribution in [-0.4, -0.2) is 34.8 Å². The molecule has 0 aromatic heterocycles. The van der Waals surface area contributed by atoms with E-state index in [0.717, 1.165) is 40.2 Å². The van der Waals surface area contributed by atoms with Crippen molar-refractivity contribution in [3.63, 3.8) is 0 Å². The van der Waals surface area contributed by atoms with E-state index >= 15 is 0 Å². The summed E-state index contributed by atoms with van der Waals surface area (Å²) in [6.07, 6.45) is 8.89. The molecule has 0 bridgehead atoms. The molecule has 1 amide bonds. The van der Waals surface area contributed by atoms with Gasteiger partial charge in [-0.05, 0) is 76.9 Å². The smallest absolute Gasteiger partial charge is 0.251 e. The molecule has 176 valence electrons. The number of hydrogen-bond acceptors (Lipinski definition) is 4. The van der Waals surface area contributed by atoms with Crippen molar-refractivity contribution in [2.24, 2.45) is 5.10 Å². The van der Waals surface area contributed by atoms with E-state index in [1.165, 1.54) is 12.8 Å². The van der Waals surface area contributed by atoms with Crippen LogP contribution in [0.2, 0.25) is 5.02 Å². The Morgan fingerprint density at radius 1 is 1.09 bits per heavy atom. The minimum atomic E-state index is -0.680. The molecule has 1 fully saturated rings. The van der Waals surface area contributed by atoms with Crippen molar-refractivity contribution in [2.45, 2.75) is 25.3 Å². The molecule has 0 spiro atoms. The van der Waals surface area contributed by atoms with Crippen molar-refractivity contribution in [3.05, 3.63) is 87.5 Å². The van der Waals surface area contributed by atoms with E-state index in [4.69, 9.17) is 23.8 Å². The van der Waals surface area contributed by atoms with Gasteiger partial charge < -0.3 is 16.0 Å². The summed E-state index contributed by atoms with van der Waals surface area (Å²) in [4.78, 5) is 13.3. The fourth-order valence-electron chi connectivity index (χ4n) is 3.72. The number of halogens is 2. The number of nitrogens with zero attached hydrogens (tertiary/aromatic N) is 2. The topological polar surface area (TPSA) is 68.8 Å². The van der Waals surface area contributed by atoms with Crippen molar-refractivity contribution in [1.82, 2.24) is 15.6 Å². The number of hydrogen-bond donors (Lipinski definition) is 3. The molecule has 1 atom stereocenters. The Hall–Kier alpha value is -2.68. The zero-order valence-corrected chi connectivity index (χ0v) is 21.6. The van der Waals surface area contributed by atoms with Crippen LogP contribution in [0.25, 0.3) is 0 Å². The predicted octanol–water partition coefficient (Wildman–Crippen LogP) is 5.54. The summed E-state index contributed by atoms with van der Waals surface area (Å²) >= 11 is 15.0. The van der Waals surface area contributed by atoms with Crippen molar-refractivity contribution in [1.29, 1.82) is 0 Å². The van der Waals surface area contributed by atoms with Gasteiger partial charge in [0.15, 0.2) is 5.11 Å². The van der Waals surface area contributed by atoms with E-state index in [9.17, 15) is 4.79 Å². The highest BCUT2D eigenvalue weighted by Crippen LogP contribution is 2.25. The van der Waals surface area contributed by atoms with Gasteiger partial charge in [-0.1, -0.05) is 48.0 Å². The lowest BCUT2D eigenvalue weighted by atomic mass is 10.1. The largest absolute Gasteiger partial charge is 0.347 e. The molecule has 1 heterocycles. The SMILES string of the molecule is O=C(NC1=CCC(=NN2CCCC2)C=C1)[C@@H](NC(=S)Nc1ccc(Br)c(Cl)c1)c1ccccc1. The Kier molecular flexibility index (Phi) is 8.37. The third kappa shape index (κ3) is 6.68. The fraction of sp³-hybridized carbons (Fsp3) is 0.240. The summed E-state index contributed by atoms with van der Waals surface area (Å²) in [5.41, 5.74) is 3.26. The maximum absolute atomic E-state index is 13.3. The quantitative estimate of drug-likeness (QED) is 0.406. The zero-order chi connectivity index (χ0) is 23.9. The first-order valence-corrected chi connectivity index (χ1v) is 12.6. The predicted molar refractivity (Wildman–Crippen MR) is 146 cm³/mol. The number of thiocarbonyl (C=S) groups is 1. The van der Waals surface area contributed by atoms with E-state index < -0.39 is 6.04 Å². The van der Waals surface area contributed by atoms with Crippen LogP contribution in [0.1, 0.15) is 30.9 Å². The standard InChI is InChI=1S/C25H25BrClN5OS/c26-21-13-12-20(16-22(21)27)29-25(34)30-23(17-6-2-1-3-7-17)24(33)28-18-8-10-19(11-9-18)31-32-14-4-5-15-32/h1-3,6-10,12-13,16,23H,4-5,11,14-15H2,(H,28,33)(H2,29,30,34)/t23-/m0/s1. The maximum Gasteiger partial charge on any atom is 0.251 e. The summed E-state index contributed by atoms with van der Waals surface area (Å²) in [7, 11) is 0. The lowest BCUT2D eigenvalue weighted by Crippen LogP contribution is -2.41. The van der Waals surface area contributed by atoms with Crippen LogP contribution >= 0.6 is 39.7 Å². The Morgan fingerprint density at radius 3 is 2.53 bits per heavy atom. The Labute approximate surface area is 218 Å². The first-order chi connectivity index (χ1) is 16.5. The number of benzene rings is 2. The Bertz CT molecular complexity index is 1150. The second-order valence-corrected chi connectivity index (χ2v) is 9.68. The van der Waals surface area contributed by atoms with E-state index in [0.29, 0.717) is 16.6 Å². The number of rotatable bonds is 6. The second-order valence-electron chi connectivity index (χ2n) is 8.01. The van der Waals surface area contributed by atoms with E-state index in [-0.39, 0.29) is 5.91 Å². The van der Waals surface area contributed by atoms with Gasteiger partial charge in [0.1, 0.15) is 6.04 Å². The fourth-order valence-corrected chi connectivity index (χ4v) is 4.38. The third-order valence-electron chi connectivity index (χ3n) is 5.45. The number of carbonyl (C=O) groups is 1. The van der Waals surface area contributed by atoms with Crippen molar-refractivity contribution in [3.8, 4) is 0 Å². The van der Waals surface area contributed by atoms with Gasteiger partial charge in [0.2, 0.25) is 0 Å². The molecule has 1 saturated heterocycles. The number of hydrazone groups is 1. The Morgan fingerprint density at radius 2 is 1.85 bits per heavy atom. The molecule has 6 nitrogen and oxygen atoms in total. The summed E-state index contributed by atoms with van der Waals surface area (Å²) in [6, 6.07) is 14.2. The van der Waals surface area contributed by atoms with Crippen LogP contribution < -0.4 is 16.0 Å². The van der Waals surface area contributed by atoms with E-state index in [2.05, 4.69) is 42.0 Å². The highest BCUT2D eigenvalue weighted by atomic mass is 79.9. The van der Waals surface area contributed by atoms with Gasteiger partial charge in [0, 0.05) is 35.4 Å². The number of nitrogens with one attached hydrogen (secondary N) is 3. The molecule has 0 saturated carbocycles. The molecule has 3 N–H and O–H groups in total. The van der Waals surface area contributed by atoms with E-state index in [1.807, 2.05) is 60.7 Å². The van der Waals surface area contributed by atoms with Gasteiger partial charge in [-0.15, -0.1) is 0 Å². The summed E-state index contributed by atoms with van der Waals surface area (Å²) in [6.45, 7) is 2.02. The van der Waals surface area contributed by atoms with E-state index in [1.54, 1.807) is 6.07 Å². The van der Waals surface area contributed by atoms with Crippen LogP contribution in [0.15, 0.2) is 82.0 Å². The normalized spacial score (nSPS) is 17.3. The molecular formula is C25H25BrClN5OS. The molecule has 2 aliphatic rings. The molecule has 1 aliphatic heterocycles. The summed E-state index contributed by atoms with van der Waals surface area (Å²) < 4.78 is 0.794. The summed E-state index contributed by atoms with van der Waals surface area (Å²) in [5.74, 6) is -0.208. The average molecular weight is 559 g/mol. The van der Waals surface area contributed by atoms with Gasteiger partial charge in [-0.25, -0.2) is 0 Å². The van der Waals surface area contributed by atoms with Gasteiger partial charge in [-0.3, -0.25) is 9.80 Å². The lowest BCUT2D eigenvalue weighted by molar-refractivity contribution is -0.122.